The monoisotopic (exact) mass is 279 g/mol. The van der Waals surface area contributed by atoms with Gasteiger partial charge >= 0.3 is 0 Å². The van der Waals surface area contributed by atoms with Gasteiger partial charge in [0.05, 0.1) is 0 Å². The van der Waals surface area contributed by atoms with Crippen molar-refractivity contribution in [3.63, 3.8) is 0 Å². The van der Waals surface area contributed by atoms with Crippen molar-refractivity contribution in [2.45, 2.75) is 57.9 Å². The van der Waals surface area contributed by atoms with Crippen LogP contribution in [0, 0.1) is 5.92 Å². The Morgan fingerprint density at radius 2 is 1.84 bits per heavy atom. The Morgan fingerprint density at radius 1 is 1.21 bits per heavy atom. The van der Waals surface area contributed by atoms with E-state index >= 15 is 0 Å². The maximum atomic E-state index is 6.42. The Bertz CT molecular complexity index is 402. The van der Waals surface area contributed by atoms with Crippen LogP contribution in [0.1, 0.15) is 57.9 Å². The van der Waals surface area contributed by atoms with Crippen LogP contribution in [0.2, 0.25) is 5.02 Å². The standard InChI is InChI=1S/C17H26ClN/c1-17(2,3)19-12-15(13-8-4-5-9-13)14-10-6-7-11-16(14)18/h6-7,10-11,13,15,19H,4-5,8-9,12H2,1-3H3. The van der Waals surface area contributed by atoms with E-state index in [1.54, 1.807) is 0 Å². The van der Waals surface area contributed by atoms with Crippen molar-refractivity contribution in [2.75, 3.05) is 6.54 Å². The lowest BCUT2D eigenvalue weighted by Gasteiger charge is -2.29. The average Bonchev–Trinajstić information content (AvgIpc) is 2.84. The van der Waals surface area contributed by atoms with Gasteiger partial charge in [-0.1, -0.05) is 42.6 Å². The molecule has 1 fully saturated rings. The van der Waals surface area contributed by atoms with Gasteiger partial charge in [-0.3, -0.25) is 0 Å². The molecule has 2 rings (SSSR count). The van der Waals surface area contributed by atoms with Gasteiger partial charge in [-0.25, -0.2) is 0 Å². The molecule has 0 aliphatic heterocycles. The van der Waals surface area contributed by atoms with Crippen molar-refractivity contribution in [3.05, 3.63) is 34.9 Å². The molecule has 0 spiro atoms. The van der Waals surface area contributed by atoms with Crippen LogP contribution in [0.25, 0.3) is 0 Å². The fourth-order valence-corrected chi connectivity index (χ4v) is 3.36. The number of hydrogen-bond donors (Lipinski definition) is 1. The van der Waals surface area contributed by atoms with E-state index in [-0.39, 0.29) is 5.54 Å². The third-order valence-corrected chi connectivity index (χ3v) is 4.47. The Labute approximate surface area is 122 Å². The first-order chi connectivity index (χ1) is 8.97. The van der Waals surface area contributed by atoms with Crippen molar-refractivity contribution in [3.8, 4) is 0 Å². The molecule has 1 nitrogen and oxygen atoms in total. The Balaban J connectivity index is 2.16. The number of rotatable bonds is 4. The van der Waals surface area contributed by atoms with Gasteiger partial charge in [-0.15, -0.1) is 0 Å². The molecule has 1 aromatic carbocycles. The highest BCUT2D eigenvalue weighted by Crippen LogP contribution is 2.39. The summed E-state index contributed by atoms with van der Waals surface area (Å²) in [5.74, 6) is 1.34. The summed E-state index contributed by atoms with van der Waals surface area (Å²) in [5, 5.41) is 4.59. The molecule has 1 N–H and O–H groups in total. The molecule has 0 heterocycles. The summed E-state index contributed by atoms with van der Waals surface area (Å²) >= 11 is 6.42. The van der Waals surface area contributed by atoms with Crippen LogP contribution in [0.4, 0.5) is 0 Å². The van der Waals surface area contributed by atoms with Crippen LogP contribution in [0.5, 0.6) is 0 Å². The first kappa shape index (κ1) is 14.9. The van der Waals surface area contributed by atoms with Crippen molar-refractivity contribution >= 4 is 11.6 Å². The maximum Gasteiger partial charge on any atom is 0.0441 e. The lowest BCUT2D eigenvalue weighted by Crippen LogP contribution is -2.39. The summed E-state index contributed by atoms with van der Waals surface area (Å²) in [4.78, 5) is 0. The molecule has 0 amide bonds. The second-order valence-electron chi connectivity index (χ2n) is 6.80. The Hall–Kier alpha value is -0.530. The van der Waals surface area contributed by atoms with E-state index in [4.69, 9.17) is 11.6 Å². The molecule has 0 aromatic heterocycles. The lowest BCUT2D eigenvalue weighted by molar-refractivity contribution is 0.351. The maximum absolute atomic E-state index is 6.42. The van der Waals surface area contributed by atoms with Gasteiger partial charge in [-0.2, -0.15) is 0 Å². The predicted molar refractivity (Wildman–Crippen MR) is 83.9 cm³/mol. The summed E-state index contributed by atoms with van der Waals surface area (Å²) < 4.78 is 0. The highest BCUT2D eigenvalue weighted by molar-refractivity contribution is 6.31. The third-order valence-electron chi connectivity index (χ3n) is 4.13. The van der Waals surface area contributed by atoms with Gasteiger partial charge in [0.25, 0.3) is 0 Å². The molecule has 1 aliphatic rings. The molecule has 1 aliphatic carbocycles. The SMILES string of the molecule is CC(C)(C)NCC(c1ccccc1Cl)C1CCCC1. The van der Waals surface area contributed by atoms with E-state index in [9.17, 15) is 0 Å². The highest BCUT2D eigenvalue weighted by atomic mass is 35.5. The van der Waals surface area contributed by atoms with Crippen molar-refractivity contribution in [1.29, 1.82) is 0 Å². The number of hydrogen-bond acceptors (Lipinski definition) is 1. The fourth-order valence-electron chi connectivity index (χ4n) is 3.08. The van der Waals surface area contributed by atoms with Crippen LogP contribution < -0.4 is 5.32 Å². The summed E-state index contributed by atoms with van der Waals surface area (Å²) in [6.45, 7) is 7.71. The van der Waals surface area contributed by atoms with Crippen LogP contribution in [0.15, 0.2) is 24.3 Å². The minimum atomic E-state index is 0.165. The van der Waals surface area contributed by atoms with E-state index < -0.39 is 0 Å². The molecular formula is C17H26ClN. The zero-order valence-electron chi connectivity index (χ0n) is 12.4. The first-order valence-corrected chi connectivity index (χ1v) is 7.84. The number of nitrogens with one attached hydrogen (secondary N) is 1. The second kappa shape index (κ2) is 6.28. The van der Waals surface area contributed by atoms with Crippen molar-refractivity contribution in [2.24, 2.45) is 5.92 Å². The normalized spacial score (nSPS) is 18.7. The molecule has 1 atom stereocenters. The average molecular weight is 280 g/mol. The molecule has 19 heavy (non-hydrogen) atoms. The first-order valence-electron chi connectivity index (χ1n) is 7.47. The summed E-state index contributed by atoms with van der Waals surface area (Å²) in [6.07, 6.45) is 5.45. The second-order valence-corrected chi connectivity index (χ2v) is 7.21. The molecule has 1 unspecified atom stereocenters. The third kappa shape index (κ3) is 4.22. The minimum absolute atomic E-state index is 0.165. The molecule has 1 aromatic rings. The van der Waals surface area contributed by atoms with E-state index in [1.165, 1.54) is 31.2 Å². The molecule has 2 heteroatoms. The molecule has 0 bridgehead atoms. The van der Waals surface area contributed by atoms with Crippen LogP contribution in [0.3, 0.4) is 0 Å². The molecule has 0 saturated heterocycles. The quantitative estimate of drug-likeness (QED) is 0.818. The van der Waals surface area contributed by atoms with Gasteiger partial charge in [0.15, 0.2) is 0 Å². The van der Waals surface area contributed by atoms with Gasteiger partial charge in [0.2, 0.25) is 0 Å². The summed E-state index contributed by atoms with van der Waals surface area (Å²) in [6, 6.07) is 8.36. The number of benzene rings is 1. The van der Waals surface area contributed by atoms with Gasteiger partial charge in [-0.05, 0) is 51.2 Å². The molecular weight excluding hydrogens is 254 g/mol. The van der Waals surface area contributed by atoms with Crippen molar-refractivity contribution in [1.82, 2.24) is 5.32 Å². The fraction of sp³-hybridized carbons (Fsp3) is 0.647. The topological polar surface area (TPSA) is 12.0 Å². The van der Waals surface area contributed by atoms with E-state index in [0.29, 0.717) is 5.92 Å². The largest absolute Gasteiger partial charge is 0.311 e. The Kier molecular flexibility index (Phi) is 4.92. The zero-order valence-corrected chi connectivity index (χ0v) is 13.1. The van der Waals surface area contributed by atoms with Gasteiger partial charge < -0.3 is 5.32 Å². The molecule has 1 saturated carbocycles. The number of halogens is 1. The van der Waals surface area contributed by atoms with Crippen LogP contribution >= 0.6 is 11.6 Å². The van der Waals surface area contributed by atoms with Crippen molar-refractivity contribution < 1.29 is 0 Å². The van der Waals surface area contributed by atoms with Gasteiger partial charge in [0, 0.05) is 23.0 Å². The van der Waals surface area contributed by atoms with E-state index in [1.807, 2.05) is 12.1 Å². The smallest absolute Gasteiger partial charge is 0.0441 e. The zero-order chi connectivity index (χ0) is 13.9. The minimum Gasteiger partial charge on any atom is -0.311 e. The molecule has 0 radical (unpaired) electrons. The Morgan fingerprint density at radius 3 is 2.42 bits per heavy atom. The summed E-state index contributed by atoms with van der Waals surface area (Å²) in [7, 11) is 0. The van der Waals surface area contributed by atoms with Gasteiger partial charge in [0.1, 0.15) is 0 Å². The summed E-state index contributed by atoms with van der Waals surface area (Å²) in [5.41, 5.74) is 1.49. The lowest BCUT2D eigenvalue weighted by atomic mass is 9.84. The van der Waals surface area contributed by atoms with Crippen LogP contribution in [-0.4, -0.2) is 12.1 Å². The highest BCUT2D eigenvalue weighted by Gasteiger charge is 2.28. The van der Waals surface area contributed by atoms with E-state index in [2.05, 4.69) is 38.2 Å². The van der Waals surface area contributed by atoms with E-state index in [0.717, 1.165) is 17.5 Å². The van der Waals surface area contributed by atoms with Crippen LogP contribution in [-0.2, 0) is 0 Å². The predicted octanol–water partition coefficient (Wildman–Crippen LogP) is 5.00. The molecule has 106 valence electrons.